The molecule has 0 spiro atoms. The van der Waals surface area contributed by atoms with Crippen LogP contribution in [0.25, 0.3) is 0 Å². The van der Waals surface area contributed by atoms with Gasteiger partial charge in [0.15, 0.2) is 0 Å². The molecule has 0 bridgehead atoms. The highest BCUT2D eigenvalue weighted by Gasteiger charge is 2.14. The molecule has 2 amide bonds. The highest BCUT2D eigenvalue weighted by Crippen LogP contribution is 2.13. The first-order valence-electron chi connectivity index (χ1n) is 7.41. The number of aromatic nitrogens is 3. The van der Waals surface area contributed by atoms with Crippen LogP contribution in [0.3, 0.4) is 0 Å². The lowest BCUT2D eigenvalue weighted by Crippen LogP contribution is -2.44. The quantitative estimate of drug-likeness (QED) is 0.868. The third-order valence-electron chi connectivity index (χ3n) is 3.69. The van der Waals surface area contributed by atoms with E-state index >= 15 is 0 Å². The van der Waals surface area contributed by atoms with Crippen LogP contribution in [0.1, 0.15) is 5.56 Å². The number of carbonyl (C=O) groups is 1. The number of nitrogens with zero attached hydrogens (tertiary/aromatic N) is 5. The molecule has 0 atom stereocenters. The Morgan fingerprint density at radius 2 is 2.09 bits per heavy atom. The van der Waals surface area contributed by atoms with E-state index in [1.807, 2.05) is 18.3 Å². The normalized spacial score (nSPS) is 15.4. The molecule has 0 unspecified atom stereocenters. The van der Waals surface area contributed by atoms with Crippen molar-refractivity contribution in [2.24, 2.45) is 0 Å². The van der Waals surface area contributed by atoms with Crippen LogP contribution < -0.4 is 15.5 Å². The maximum absolute atomic E-state index is 11.7. The van der Waals surface area contributed by atoms with Gasteiger partial charge in [-0.1, -0.05) is 10.6 Å². The topological polar surface area (TPSA) is 86.3 Å². The smallest absolute Gasteiger partial charge is 0.320 e. The summed E-state index contributed by atoms with van der Waals surface area (Å²) >= 11 is 1.14. The zero-order chi connectivity index (χ0) is 16.1. The standard InChI is InChI=1S/C14H19N7OS/c1-20-4-6-21(7-5-20)12-3-2-11(8-15-12)9-16-14(22)18-13-10-17-19-23-13/h2-3,8,10H,4-7,9H2,1H3,(H2,16,18,22). The van der Waals surface area contributed by atoms with Gasteiger partial charge in [-0.15, -0.1) is 5.10 Å². The summed E-state index contributed by atoms with van der Waals surface area (Å²) in [6.45, 7) is 4.52. The zero-order valence-corrected chi connectivity index (χ0v) is 13.7. The predicted octanol–water partition coefficient (Wildman–Crippen LogP) is 1.01. The third-order valence-corrected chi connectivity index (χ3v) is 4.27. The summed E-state index contributed by atoms with van der Waals surface area (Å²) in [5, 5.41) is 9.73. The first kappa shape index (κ1) is 15.6. The Hall–Kier alpha value is -2.26. The van der Waals surface area contributed by atoms with E-state index in [9.17, 15) is 4.79 Å². The van der Waals surface area contributed by atoms with Crippen molar-refractivity contribution in [3.05, 3.63) is 30.1 Å². The van der Waals surface area contributed by atoms with Crippen molar-refractivity contribution in [3.8, 4) is 0 Å². The van der Waals surface area contributed by atoms with Crippen LogP contribution in [-0.4, -0.2) is 58.7 Å². The van der Waals surface area contributed by atoms with E-state index in [0.717, 1.165) is 49.1 Å². The van der Waals surface area contributed by atoms with Crippen molar-refractivity contribution in [1.29, 1.82) is 0 Å². The molecule has 8 nitrogen and oxygen atoms in total. The van der Waals surface area contributed by atoms with Crippen molar-refractivity contribution in [3.63, 3.8) is 0 Å². The first-order chi connectivity index (χ1) is 11.2. The number of carbonyl (C=O) groups excluding carboxylic acids is 1. The molecule has 0 radical (unpaired) electrons. The van der Waals surface area contributed by atoms with Gasteiger partial charge < -0.3 is 15.1 Å². The second kappa shape index (κ2) is 7.34. The van der Waals surface area contributed by atoms with Crippen LogP contribution in [0.5, 0.6) is 0 Å². The van der Waals surface area contributed by atoms with Gasteiger partial charge in [-0.05, 0) is 18.7 Å². The average molecular weight is 333 g/mol. The minimum absolute atomic E-state index is 0.279. The van der Waals surface area contributed by atoms with Gasteiger partial charge in [0.2, 0.25) is 0 Å². The van der Waals surface area contributed by atoms with E-state index < -0.39 is 0 Å². The van der Waals surface area contributed by atoms with Gasteiger partial charge in [-0.3, -0.25) is 5.32 Å². The van der Waals surface area contributed by atoms with Crippen LogP contribution in [0.4, 0.5) is 15.6 Å². The number of pyridine rings is 1. The summed E-state index contributed by atoms with van der Waals surface area (Å²) in [6.07, 6.45) is 3.32. The van der Waals surface area contributed by atoms with Crippen molar-refractivity contribution >= 4 is 28.4 Å². The van der Waals surface area contributed by atoms with Crippen molar-refractivity contribution in [1.82, 2.24) is 24.8 Å². The van der Waals surface area contributed by atoms with Gasteiger partial charge in [0, 0.05) is 50.5 Å². The van der Waals surface area contributed by atoms with Crippen LogP contribution in [0.2, 0.25) is 0 Å². The number of piperazine rings is 1. The maximum atomic E-state index is 11.7. The molecule has 1 aliphatic heterocycles. The summed E-state index contributed by atoms with van der Waals surface area (Å²) in [4.78, 5) is 20.8. The van der Waals surface area contributed by atoms with Crippen molar-refractivity contribution in [2.75, 3.05) is 43.4 Å². The van der Waals surface area contributed by atoms with E-state index in [2.05, 4.69) is 42.1 Å². The molecule has 122 valence electrons. The van der Waals surface area contributed by atoms with Crippen LogP contribution >= 0.6 is 11.5 Å². The number of nitrogens with one attached hydrogen (secondary N) is 2. The summed E-state index contributed by atoms with van der Waals surface area (Å²) in [5.41, 5.74) is 0.959. The molecule has 0 saturated carbocycles. The molecule has 23 heavy (non-hydrogen) atoms. The highest BCUT2D eigenvalue weighted by molar-refractivity contribution is 7.10. The lowest BCUT2D eigenvalue weighted by atomic mass is 10.2. The van der Waals surface area contributed by atoms with Gasteiger partial charge in [-0.2, -0.15) is 0 Å². The predicted molar refractivity (Wildman–Crippen MR) is 89.7 cm³/mol. The fourth-order valence-electron chi connectivity index (χ4n) is 2.30. The third kappa shape index (κ3) is 4.36. The Morgan fingerprint density at radius 3 is 2.74 bits per heavy atom. The number of rotatable bonds is 4. The largest absolute Gasteiger partial charge is 0.354 e. The maximum Gasteiger partial charge on any atom is 0.320 e. The minimum Gasteiger partial charge on any atom is -0.354 e. The summed E-state index contributed by atoms with van der Waals surface area (Å²) in [5.74, 6) is 0.988. The molecule has 0 aliphatic carbocycles. The van der Waals surface area contributed by atoms with E-state index in [0.29, 0.717) is 11.5 Å². The van der Waals surface area contributed by atoms with E-state index in [-0.39, 0.29) is 6.03 Å². The van der Waals surface area contributed by atoms with Gasteiger partial charge in [0.25, 0.3) is 0 Å². The minimum atomic E-state index is -0.279. The fraction of sp³-hybridized carbons (Fsp3) is 0.429. The zero-order valence-electron chi connectivity index (χ0n) is 12.9. The van der Waals surface area contributed by atoms with Crippen molar-refractivity contribution in [2.45, 2.75) is 6.54 Å². The second-order valence-electron chi connectivity index (χ2n) is 5.40. The van der Waals surface area contributed by atoms with Crippen molar-refractivity contribution < 1.29 is 4.79 Å². The molecule has 3 heterocycles. The van der Waals surface area contributed by atoms with E-state index in [4.69, 9.17) is 0 Å². The van der Waals surface area contributed by atoms with Crippen LogP contribution in [-0.2, 0) is 6.54 Å². The Balaban J connectivity index is 1.48. The molecular weight excluding hydrogens is 314 g/mol. The molecular formula is C14H19N7OS. The molecule has 2 N–H and O–H groups in total. The number of urea groups is 1. The highest BCUT2D eigenvalue weighted by atomic mass is 32.1. The second-order valence-corrected chi connectivity index (χ2v) is 6.19. The molecule has 1 saturated heterocycles. The summed E-state index contributed by atoms with van der Waals surface area (Å²) in [7, 11) is 2.13. The summed E-state index contributed by atoms with van der Waals surface area (Å²) < 4.78 is 3.68. The SMILES string of the molecule is CN1CCN(c2ccc(CNC(=O)Nc3cnns3)cn2)CC1. The molecule has 2 aromatic rings. The Labute approximate surface area is 138 Å². The monoisotopic (exact) mass is 333 g/mol. The molecule has 1 aliphatic rings. The number of anilines is 2. The number of amides is 2. The Kier molecular flexibility index (Phi) is 4.99. The average Bonchev–Trinajstić information content (AvgIpc) is 3.07. The van der Waals surface area contributed by atoms with Gasteiger partial charge in [-0.25, -0.2) is 9.78 Å². The van der Waals surface area contributed by atoms with Gasteiger partial charge in [0.1, 0.15) is 10.8 Å². The molecule has 9 heteroatoms. The molecule has 1 fully saturated rings. The molecule has 3 rings (SSSR count). The number of hydrogen-bond acceptors (Lipinski definition) is 7. The lowest BCUT2D eigenvalue weighted by Gasteiger charge is -2.33. The Bertz CT molecular complexity index is 623. The Morgan fingerprint density at radius 1 is 1.26 bits per heavy atom. The number of likely N-dealkylation sites (N-methyl/N-ethyl adjacent to an activating group) is 1. The van der Waals surface area contributed by atoms with E-state index in [1.54, 1.807) is 0 Å². The van der Waals surface area contributed by atoms with E-state index in [1.165, 1.54) is 6.20 Å². The van der Waals surface area contributed by atoms with Gasteiger partial charge >= 0.3 is 6.03 Å². The number of hydrogen-bond donors (Lipinski definition) is 2. The fourth-order valence-corrected chi connectivity index (χ4v) is 2.72. The van der Waals surface area contributed by atoms with Crippen LogP contribution in [0.15, 0.2) is 24.5 Å². The first-order valence-corrected chi connectivity index (χ1v) is 8.19. The summed E-state index contributed by atoms with van der Waals surface area (Å²) in [6, 6.07) is 3.72. The lowest BCUT2D eigenvalue weighted by molar-refractivity contribution is 0.252. The molecule has 2 aromatic heterocycles. The van der Waals surface area contributed by atoms with Crippen LogP contribution in [0, 0.1) is 0 Å². The van der Waals surface area contributed by atoms with Gasteiger partial charge in [0.05, 0.1) is 6.20 Å². The molecule has 0 aromatic carbocycles.